The Labute approximate surface area is 193 Å². The number of amides is 1. The van der Waals surface area contributed by atoms with Crippen LogP contribution in [0.3, 0.4) is 0 Å². The summed E-state index contributed by atoms with van der Waals surface area (Å²) < 4.78 is 2.06. The van der Waals surface area contributed by atoms with Crippen LogP contribution in [0.4, 0.5) is 0 Å². The predicted octanol–water partition coefficient (Wildman–Crippen LogP) is 3.95. The van der Waals surface area contributed by atoms with Crippen LogP contribution in [0.5, 0.6) is 0 Å². The first-order valence-corrected chi connectivity index (χ1v) is 11.4. The minimum absolute atomic E-state index is 0.0205. The summed E-state index contributed by atoms with van der Waals surface area (Å²) in [5.41, 5.74) is 9.12. The summed E-state index contributed by atoms with van der Waals surface area (Å²) in [6.07, 6.45) is 1.92. The van der Waals surface area contributed by atoms with E-state index in [1.54, 1.807) is 0 Å². The lowest BCUT2D eigenvalue weighted by molar-refractivity contribution is 0.0908. The third kappa shape index (κ3) is 4.22. The van der Waals surface area contributed by atoms with Gasteiger partial charge in [-0.25, -0.2) is 0 Å². The van der Waals surface area contributed by atoms with Crippen LogP contribution in [0, 0.1) is 5.41 Å². The number of nitrogens with zero attached hydrogens (tertiary/aromatic N) is 2. The number of amidine groups is 1. The molecule has 6 heteroatoms. The van der Waals surface area contributed by atoms with Crippen molar-refractivity contribution < 1.29 is 4.79 Å². The lowest BCUT2D eigenvalue weighted by atomic mass is 10.0. The zero-order valence-electron chi connectivity index (χ0n) is 18.8. The van der Waals surface area contributed by atoms with E-state index in [9.17, 15) is 4.79 Å². The van der Waals surface area contributed by atoms with Crippen molar-refractivity contribution >= 4 is 33.4 Å². The third-order valence-electron chi connectivity index (χ3n) is 6.71. The van der Waals surface area contributed by atoms with Crippen LogP contribution in [0.25, 0.3) is 21.7 Å². The second-order valence-electron chi connectivity index (χ2n) is 8.99. The molecule has 0 unspecified atom stereocenters. The molecule has 5 rings (SSSR count). The molecule has 1 saturated heterocycles. The van der Waals surface area contributed by atoms with Gasteiger partial charge in [0.25, 0.3) is 5.91 Å². The van der Waals surface area contributed by atoms with Gasteiger partial charge in [-0.1, -0.05) is 54.6 Å². The van der Waals surface area contributed by atoms with Gasteiger partial charge < -0.3 is 20.5 Å². The molecule has 1 aliphatic rings. The Kier molecular flexibility index (Phi) is 5.60. The SMILES string of the molecule is CN1CCC(NC(=O)c2cc3ccc(C(=N)N)cc3n2Cc2cccc3ccccc23)CC1. The van der Waals surface area contributed by atoms with E-state index >= 15 is 0 Å². The van der Waals surface area contributed by atoms with Crippen molar-refractivity contribution in [1.82, 2.24) is 14.8 Å². The second kappa shape index (κ2) is 8.71. The third-order valence-corrected chi connectivity index (χ3v) is 6.71. The fourth-order valence-corrected chi connectivity index (χ4v) is 4.79. The number of carbonyl (C=O) groups is 1. The highest BCUT2D eigenvalue weighted by Crippen LogP contribution is 2.26. The first-order chi connectivity index (χ1) is 16.0. The summed E-state index contributed by atoms with van der Waals surface area (Å²) >= 11 is 0. The van der Waals surface area contributed by atoms with Crippen LogP contribution in [-0.2, 0) is 6.54 Å². The van der Waals surface area contributed by atoms with E-state index in [1.165, 1.54) is 10.8 Å². The molecule has 6 nitrogen and oxygen atoms in total. The number of aromatic nitrogens is 1. The van der Waals surface area contributed by atoms with Gasteiger partial charge in [0, 0.05) is 29.1 Å². The molecule has 1 amide bonds. The number of likely N-dealkylation sites (tertiary alicyclic amines) is 1. The highest BCUT2D eigenvalue weighted by molar-refractivity contribution is 6.02. The zero-order valence-corrected chi connectivity index (χ0v) is 18.8. The van der Waals surface area contributed by atoms with Gasteiger partial charge in [-0.3, -0.25) is 10.2 Å². The number of nitrogen functional groups attached to an aromatic ring is 1. The first-order valence-electron chi connectivity index (χ1n) is 11.4. The molecule has 0 atom stereocenters. The summed E-state index contributed by atoms with van der Waals surface area (Å²) in [6, 6.07) is 22.4. The maximum atomic E-state index is 13.4. The quantitative estimate of drug-likeness (QED) is 0.325. The molecule has 1 aliphatic heterocycles. The maximum absolute atomic E-state index is 13.4. The zero-order chi connectivity index (χ0) is 22.9. The summed E-state index contributed by atoms with van der Waals surface area (Å²) in [6.45, 7) is 2.54. The molecule has 4 N–H and O–H groups in total. The normalized spacial score (nSPS) is 15.2. The topological polar surface area (TPSA) is 87.1 Å². The average Bonchev–Trinajstić information content (AvgIpc) is 3.18. The van der Waals surface area contributed by atoms with Crippen LogP contribution in [0.1, 0.15) is 34.5 Å². The van der Waals surface area contributed by atoms with Crippen LogP contribution in [-0.4, -0.2) is 47.4 Å². The van der Waals surface area contributed by atoms with E-state index in [1.807, 2.05) is 36.4 Å². The Morgan fingerprint density at radius 1 is 1.03 bits per heavy atom. The highest BCUT2D eigenvalue weighted by atomic mass is 16.2. The average molecular weight is 440 g/mol. The van der Waals surface area contributed by atoms with Crippen LogP contribution >= 0.6 is 0 Å². The molecule has 33 heavy (non-hydrogen) atoms. The van der Waals surface area contributed by atoms with Crippen molar-refractivity contribution in [2.75, 3.05) is 20.1 Å². The highest BCUT2D eigenvalue weighted by Gasteiger charge is 2.22. The smallest absolute Gasteiger partial charge is 0.268 e. The van der Waals surface area contributed by atoms with Gasteiger partial charge in [-0.05, 0) is 61.4 Å². The summed E-state index contributed by atoms with van der Waals surface area (Å²) in [5, 5.41) is 14.5. The van der Waals surface area contributed by atoms with Gasteiger partial charge in [-0.15, -0.1) is 0 Å². The molecule has 0 radical (unpaired) electrons. The van der Waals surface area contributed by atoms with Crippen molar-refractivity contribution in [3.63, 3.8) is 0 Å². The Hall–Kier alpha value is -3.64. The van der Waals surface area contributed by atoms with Crippen LogP contribution in [0.15, 0.2) is 66.7 Å². The fourth-order valence-electron chi connectivity index (χ4n) is 4.79. The molecule has 1 fully saturated rings. The Morgan fingerprint density at radius 2 is 1.79 bits per heavy atom. The van der Waals surface area contributed by atoms with E-state index in [0.717, 1.165) is 42.4 Å². The van der Waals surface area contributed by atoms with E-state index in [4.69, 9.17) is 11.1 Å². The van der Waals surface area contributed by atoms with E-state index in [0.29, 0.717) is 17.8 Å². The van der Waals surface area contributed by atoms with Gasteiger partial charge in [0.2, 0.25) is 0 Å². The van der Waals surface area contributed by atoms with Crippen molar-refractivity contribution in [3.05, 3.63) is 83.6 Å². The lowest BCUT2D eigenvalue weighted by Crippen LogP contribution is -2.43. The number of carbonyl (C=O) groups excluding carboxylic acids is 1. The Bertz CT molecular complexity index is 1340. The number of benzene rings is 3. The summed E-state index contributed by atoms with van der Waals surface area (Å²) in [5.74, 6) is -0.0301. The summed E-state index contributed by atoms with van der Waals surface area (Å²) in [7, 11) is 2.12. The van der Waals surface area contributed by atoms with Crippen LogP contribution in [0.2, 0.25) is 0 Å². The molecule has 3 aromatic carbocycles. The van der Waals surface area contributed by atoms with E-state index < -0.39 is 0 Å². The Morgan fingerprint density at radius 3 is 2.58 bits per heavy atom. The van der Waals surface area contributed by atoms with E-state index in [-0.39, 0.29) is 17.8 Å². The summed E-state index contributed by atoms with van der Waals surface area (Å²) in [4.78, 5) is 15.7. The monoisotopic (exact) mass is 439 g/mol. The molecule has 168 valence electrons. The molecule has 0 spiro atoms. The molecule has 0 saturated carbocycles. The second-order valence-corrected chi connectivity index (χ2v) is 8.99. The fraction of sp³-hybridized carbons (Fsp3) is 0.259. The number of hydrogen-bond acceptors (Lipinski definition) is 3. The standard InChI is InChI=1S/C27H29N5O/c1-31-13-11-22(12-14-31)30-27(33)25-15-19-9-10-20(26(28)29)16-24(19)32(25)17-21-7-4-6-18-5-2-3-8-23(18)21/h2-10,15-16,22H,11-14,17H2,1H3,(H3,28,29)(H,30,33). The van der Waals surface area contributed by atoms with E-state index in [2.05, 4.69) is 52.2 Å². The number of hydrogen-bond donors (Lipinski definition) is 3. The minimum atomic E-state index is -0.0506. The first kappa shape index (κ1) is 21.2. The number of rotatable bonds is 5. The van der Waals surface area contributed by atoms with Gasteiger partial charge >= 0.3 is 0 Å². The van der Waals surface area contributed by atoms with Gasteiger partial charge in [0.15, 0.2) is 0 Å². The van der Waals surface area contributed by atoms with Crippen LogP contribution < -0.4 is 11.1 Å². The molecule has 4 aromatic rings. The number of nitrogens with one attached hydrogen (secondary N) is 2. The van der Waals surface area contributed by atoms with Gasteiger partial charge in [0.1, 0.15) is 11.5 Å². The van der Waals surface area contributed by atoms with Gasteiger partial charge in [0.05, 0.1) is 0 Å². The number of fused-ring (bicyclic) bond motifs is 2. The largest absolute Gasteiger partial charge is 0.384 e. The molecular formula is C27H29N5O. The maximum Gasteiger partial charge on any atom is 0.268 e. The molecule has 0 aliphatic carbocycles. The Balaban J connectivity index is 1.57. The molecule has 1 aromatic heterocycles. The molecule has 2 heterocycles. The lowest BCUT2D eigenvalue weighted by Gasteiger charge is -2.29. The van der Waals surface area contributed by atoms with Crippen molar-refractivity contribution in [2.24, 2.45) is 5.73 Å². The molecular weight excluding hydrogens is 410 g/mol. The number of piperidine rings is 1. The van der Waals surface area contributed by atoms with Gasteiger partial charge in [-0.2, -0.15) is 0 Å². The number of nitrogens with two attached hydrogens (primary N) is 1. The predicted molar refractivity (Wildman–Crippen MR) is 134 cm³/mol. The van der Waals surface area contributed by atoms with Crippen molar-refractivity contribution in [2.45, 2.75) is 25.4 Å². The van der Waals surface area contributed by atoms with Crippen molar-refractivity contribution in [3.8, 4) is 0 Å². The minimum Gasteiger partial charge on any atom is -0.384 e. The molecule has 0 bridgehead atoms. The van der Waals surface area contributed by atoms with Crippen molar-refractivity contribution in [1.29, 1.82) is 5.41 Å².